The molecule has 23 heavy (non-hydrogen) atoms. The van der Waals surface area contributed by atoms with Crippen LogP contribution in [-0.4, -0.2) is 36.9 Å². The molecule has 4 fully saturated rings. The van der Waals surface area contributed by atoms with Crippen LogP contribution in [0.3, 0.4) is 0 Å². The van der Waals surface area contributed by atoms with Crippen molar-refractivity contribution in [1.82, 2.24) is 10.2 Å². The molecule has 0 radical (unpaired) electrons. The zero-order chi connectivity index (χ0) is 16.6. The Bertz CT molecular complexity index is 437. The minimum atomic E-state index is -0.0956. The molecule has 130 valence electrons. The van der Waals surface area contributed by atoms with Gasteiger partial charge in [0, 0.05) is 32.0 Å². The molecule has 1 N–H and O–H groups in total. The molecule has 0 saturated heterocycles. The summed E-state index contributed by atoms with van der Waals surface area (Å²) in [6, 6.07) is 0. The highest BCUT2D eigenvalue weighted by molar-refractivity contribution is 5.84. The third-order valence-corrected chi connectivity index (χ3v) is 6.21. The maximum Gasteiger partial charge on any atom is 0.226 e. The van der Waals surface area contributed by atoms with Gasteiger partial charge in [0.1, 0.15) is 0 Å². The van der Waals surface area contributed by atoms with Gasteiger partial charge in [-0.1, -0.05) is 13.8 Å². The van der Waals surface area contributed by atoms with Crippen molar-refractivity contribution in [3.63, 3.8) is 0 Å². The van der Waals surface area contributed by atoms with E-state index in [9.17, 15) is 9.59 Å². The number of carbonyl (C=O) groups is 2. The number of hydrogen-bond donors (Lipinski definition) is 1. The van der Waals surface area contributed by atoms with Gasteiger partial charge in [0.25, 0.3) is 0 Å². The zero-order valence-electron chi connectivity index (χ0n) is 14.9. The van der Waals surface area contributed by atoms with Gasteiger partial charge in [-0.25, -0.2) is 0 Å². The molecule has 4 heteroatoms. The lowest BCUT2D eigenvalue weighted by atomic mass is 9.49. The van der Waals surface area contributed by atoms with Crippen LogP contribution in [-0.2, 0) is 9.59 Å². The first-order chi connectivity index (χ1) is 10.9. The first-order valence-corrected chi connectivity index (χ1v) is 9.40. The normalized spacial score (nSPS) is 34.7. The highest BCUT2D eigenvalue weighted by Gasteiger charge is 2.54. The van der Waals surface area contributed by atoms with Crippen molar-refractivity contribution in [3.8, 4) is 0 Å². The molecule has 0 aromatic carbocycles. The van der Waals surface area contributed by atoms with E-state index in [1.165, 1.54) is 19.3 Å². The van der Waals surface area contributed by atoms with Crippen LogP contribution in [0, 0.1) is 29.1 Å². The molecule has 0 aromatic heterocycles. The minimum absolute atomic E-state index is 0.0956. The van der Waals surface area contributed by atoms with Gasteiger partial charge >= 0.3 is 0 Å². The van der Waals surface area contributed by atoms with Crippen LogP contribution in [0.2, 0.25) is 0 Å². The van der Waals surface area contributed by atoms with Gasteiger partial charge < -0.3 is 10.2 Å². The Kier molecular flexibility index (Phi) is 4.70. The summed E-state index contributed by atoms with van der Waals surface area (Å²) in [7, 11) is 1.85. The molecule has 0 aliphatic heterocycles. The quantitative estimate of drug-likeness (QED) is 0.818. The summed E-state index contributed by atoms with van der Waals surface area (Å²) in [4.78, 5) is 26.7. The summed E-state index contributed by atoms with van der Waals surface area (Å²) in [6.07, 6.45) is 7.74. The van der Waals surface area contributed by atoms with Gasteiger partial charge in [0.05, 0.1) is 0 Å². The number of rotatable bonds is 6. The van der Waals surface area contributed by atoms with Crippen LogP contribution >= 0.6 is 0 Å². The Hall–Kier alpha value is -1.06. The van der Waals surface area contributed by atoms with Crippen molar-refractivity contribution in [1.29, 1.82) is 0 Å². The molecule has 4 bridgehead atoms. The largest absolute Gasteiger partial charge is 0.355 e. The van der Waals surface area contributed by atoms with Crippen LogP contribution in [0.4, 0.5) is 0 Å². The lowest BCUT2D eigenvalue weighted by Crippen LogP contribution is -2.53. The van der Waals surface area contributed by atoms with Crippen molar-refractivity contribution in [3.05, 3.63) is 0 Å². The average Bonchev–Trinajstić information content (AvgIpc) is 2.44. The zero-order valence-corrected chi connectivity index (χ0v) is 14.9. The Morgan fingerprint density at radius 1 is 1.09 bits per heavy atom. The third-order valence-electron chi connectivity index (χ3n) is 6.21. The SMILES string of the molecule is CC(C)CN(C)C(=O)CCNC(=O)C12CC3CC(CC(C3)C1)C2. The van der Waals surface area contributed by atoms with E-state index in [2.05, 4.69) is 19.2 Å². The average molecular weight is 320 g/mol. The summed E-state index contributed by atoms with van der Waals surface area (Å²) in [6.45, 7) is 5.49. The van der Waals surface area contributed by atoms with Crippen molar-refractivity contribution in [2.75, 3.05) is 20.1 Å². The Labute approximate surface area is 140 Å². The number of hydrogen-bond acceptors (Lipinski definition) is 2. The molecule has 4 rings (SSSR count). The fourth-order valence-corrected chi connectivity index (χ4v) is 5.70. The van der Waals surface area contributed by atoms with E-state index in [1.54, 1.807) is 4.90 Å². The molecule has 0 spiro atoms. The molecular formula is C19H32N2O2. The van der Waals surface area contributed by atoms with Gasteiger partial charge in [-0.3, -0.25) is 9.59 Å². The van der Waals surface area contributed by atoms with E-state index in [4.69, 9.17) is 0 Å². The molecule has 2 amide bonds. The first kappa shape index (κ1) is 16.8. The topological polar surface area (TPSA) is 49.4 Å². The van der Waals surface area contributed by atoms with Gasteiger partial charge in [-0.05, 0) is 62.2 Å². The van der Waals surface area contributed by atoms with Crippen LogP contribution < -0.4 is 5.32 Å². The second-order valence-corrected chi connectivity index (χ2v) is 8.87. The lowest BCUT2D eigenvalue weighted by Gasteiger charge is -2.55. The molecular weight excluding hydrogens is 288 g/mol. The number of nitrogens with one attached hydrogen (secondary N) is 1. The van der Waals surface area contributed by atoms with Crippen molar-refractivity contribution in [2.24, 2.45) is 29.1 Å². The predicted octanol–water partition coefficient (Wildman–Crippen LogP) is 2.82. The van der Waals surface area contributed by atoms with E-state index in [0.717, 1.165) is 43.6 Å². The fraction of sp³-hybridized carbons (Fsp3) is 0.895. The third kappa shape index (κ3) is 3.56. The predicted molar refractivity (Wildman–Crippen MR) is 90.7 cm³/mol. The number of amides is 2. The van der Waals surface area contributed by atoms with Gasteiger partial charge in [-0.15, -0.1) is 0 Å². The van der Waals surface area contributed by atoms with Crippen LogP contribution in [0.1, 0.15) is 58.8 Å². The molecule has 0 heterocycles. The van der Waals surface area contributed by atoms with E-state index >= 15 is 0 Å². The highest BCUT2D eigenvalue weighted by Crippen LogP contribution is 2.60. The van der Waals surface area contributed by atoms with E-state index in [-0.39, 0.29) is 17.2 Å². The van der Waals surface area contributed by atoms with Crippen LogP contribution in [0.5, 0.6) is 0 Å². The summed E-state index contributed by atoms with van der Waals surface area (Å²) in [5, 5.41) is 3.09. The molecule has 4 aliphatic rings. The summed E-state index contributed by atoms with van der Waals surface area (Å²) in [5.74, 6) is 3.19. The van der Waals surface area contributed by atoms with Gasteiger partial charge in [0.2, 0.25) is 11.8 Å². The summed E-state index contributed by atoms with van der Waals surface area (Å²) >= 11 is 0. The standard InChI is InChI=1S/C19H32N2O2/c1-13(2)12-21(3)17(22)4-5-20-18(23)19-9-14-6-15(10-19)8-16(7-14)11-19/h13-16H,4-12H2,1-3H3,(H,20,23). The van der Waals surface area contributed by atoms with Crippen LogP contribution in [0.25, 0.3) is 0 Å². The maximum absolute atomic E-state index is 12.8. The molecule has 4 nitrogen and oxygen atoms in total. The van der Waals surface area contributed by atoms with E-state index < -0.39 is 0 Å². The van der Waals surface area contributed by atoms with Gasteiger partial charge in [-0.2, -0.15) is 0 Å². The monoisotopic (exact) mass is 320 g/mol. The smallest absolute Gasteiger partial charge is 0.226 e. The second-order valence-electron chi connectivity index (χ2n) is 8.87. The van der Waals surface area contributed by atoms with E-state index in [0.29, 0.717) is 18.9 Å². The van der Waals surface area contributed by atoms with Crippen molar-refractivity contribution < 1.29 is 9.59 Å². The molecule has 4 aliphatic carbocycles. The van der Waals surface area contributed by atoms with Crippen LogP contribution in [0.15, 0.2) is 0 Å². The molecule has 0 atom stereocenters. The summed E-state index contributed by atoms with van der Waals surface area (Å²) in [5.41, 5.74) is -0.0956. The first-order valence-electron chi connectivity index (χ1n) is 9.40. The van der Waals surface area contributed by atoms with Crippen molar-refractivity contribution >= 4 is 11.8 Å². The van der Waals surface area contributed by atoms with Crippen molar-refractivity contribution in [2.45, 2.75) is 58.8 Å². The summed E-state index contributed by atoms with van der Waals surface area (Å²) < 4.78 is 0. The number of carbonyl (C=O) groups excluding carboxylic acids is 2. The molecule has 0 unspecified atom stereocenters. The Morgan fingerprint density at radius 2 is 1.61 bits per heavy atom. The Morgan fingerprint density at radius 3 is 2.09 bits per heavy atom. The minimum Gasteiger partial charge on any atom is -0.355 e. The van der Waals surface area contributed by atoms with E-state index in [1.807, 2.05) is 7.05 Å². The molecule has 4 saturated carbocycles. The Balaban J connectivity index is 1.47. The fourth-order valence-electron chi connectivity index (χ4n) is 5.70. The lowest BCUT2D eigenvalue weighted by molar-refractivity contribution is -0.146. The van der Waals surface area contributed by atoms with Gasteiger partial charge in [0.15, 0.2) is 0 Å². The maximum atomic E-state index is 12.8. The second kappa shape index (κ2) is 6.45. The highest BCUT2D eigenvalue weighted by atomic mass is 16.2. The number of nitrogens with zero attached hydrogens (tertiary/aromatic N) is 1. The molecule has 0 aromatic rings.